The van der Waals surface area contributed by atoms with Gasteiger partial charge < -0.3 is 11.1 Å². The van der Waals surface area contributed by atoms with Crippen LogP contribution in [0.2, 0.25) is 0 Å². The normalized spacial score (nSPS) is 10.1. The summed E-state index contributed by atoms with van der Waals surface area (Å²) in [6, 6.07) is 1.80. The molecule has 7 nitrogen and oxygen atoms in total. The van der Waals surface area contributed by atoms with Gasteiger partial charge in [-0.3, -0.25) is 14.9 Å². The van der Waals surface area contributed by atoms with Crippen LogP contribution in [-0.2, 0) is 0 Å². The molecule has 0 unspecified atom stereocenters. The number of hydrogen-bond acceptors (Lipinski definition) is 5. The van der Waals surface area contributed by atoms with Crippen LogP contribution in [0.1, 0.15) is 16.2 Å². The Balaban J connectivity index is 2.17. The van der Waals surface area contributed by atoms with Gasteiger partial charge in [0.25, 0.3) is 5.91 Å². The molecule has 2 heterocycles. The average molecular weight is 218 g/mol. The van der Waals surface area contributed by atoms with Crippen LogP contribution in [0.15, 0.2) is 18.5 Å². The van der Waals surface area contributed by atoms with Crippen LogP contribution in [-0.4, -0.2) is 26.1 Å². The average Bonchev–Trinajstić information content (AvgIpc) is 2.68. The predicted octanol–water partition coefficient (Wildman–Crippen LogP) is 0.343. The fourth-order valence-corrected chi connectivity index (χ4v) is 1.15. The van der Waals surface area contributed by atoms with Crippen molar-refractivity contribution in [1.29, 1.82) is 0 Å². The molecule has 2 aromatic heterocycles. The Bertz CT molecular complexity index is 520. The van der Waals surface area contributed by atoms with Crippen molar-refractivity contribution in [3.63, 3.8) is 0 Å². The summed E-state index contributed by atoms with van der Waals surface area (Å²) in [6.45, 7) is 1.87. The second-order valence-electron chi connectivity index (χ2n) is 3.19. The van der Waals surface area contributed by atoms with E-state index in [1.165, 1.54) is 0 Å². The molecule has 1 amide bonds. The molecule has 4 N–H and O–H groups in total. The second-order valence-corrected chi connectivity index (χ2v) is 3.19. The van der Waals surface area contributed by atoms with E-state index in [1.54, 1.807) is 18.5 Å². The third kappa shape index (κ3) is 1.97. The molecular formula is C9H10N6O. The molecule has 16 heavy (non-hydrogen) atoms. The van der Waals surface area contributed by atoms with Crippen molar-refractivity contribution < 1.29 is 4.79 Å². The van der Waals surface area contributed by atoms with E-state index in [-0.39, 0.29) is 11.8 Å². The fourth-order valence-electron chi connectivity index (χ4n) is 1.15. The van der Waals surface area contributed by atoms with Crippen LogP contribution < -0.4 is 11.1 Å². The number of aromatic amines is 1. The van der Waals surface area contributed by atoms with Gasteiger partial charge in [0.15, 0.2) is 0 Å². The minimum atomic E-state index is -0.402. The Morgan fingerprint density at radius 2 is 2.38 bits per heavy atom. The van der Waals surface area contributed by atoms with Gasteiger partial charge in [0.1, 0.15) is 0 Å². The maximum Gasteiger partial charge on any atom is 0.293 e. The van der Waals surface area contributed by atoms with Gasteiger partial charge in [-0.15, -0.1) is 5.10 Å². The number of aromatic nitrogens is 4. The maximum absolute atomic E-state index is 11.7. The lowest BCUT2D eigenvalue weighted by atomic mass is 10.2. The number of nitrogens with zero attached hydrogens (tertiary/aromatic N) is 3. The van der Waals surface area contributed by atoms with Crippen LogP contribution in [0.5, 0.6) is 0 Å². The van der Waals surface area contributed by atoms with Crippen LogP contribution in [0, 0.1) is 6.92 Å². The molecule has 0 atom stereocenters. The molecule has 0 radical (unpaired) electrons. The molecule has 0 spiro atoms. The van der Waals surface area contributed by atoms with Gasteiger partial charge >= 0.3 is 0 Å². The summed E-state index contributed by atoms with van der Waals surface area (Å²) in [7, 11) is 0. The highest BCUT2D eigenvalue weighted by atomic mass is 16.2. The first-order valence-electron chi connectivity index (χ1n) is 4.56. The highest BCUT2D eigenvalue weighted by Gasteiger charge is 2.11. The van der Waals surface area contributed by atoms with E-state index >= 15 is 0 Å². The summed E-state index contributed by atoms with van der Waals surface area (Å²) in [5, 5.41) is 8.64. The molecule has 2 rings (SSSR count). The Morgan fingerprint density at radius 3 is 3.00 bits per heavy atom. The Labute approximate surface area is 91.1 Å². The Morgan fingerprint density at radius 1 is 1.56 bits per heavy atom. The number of hydrogen-bond donors (Lipinski definition) is 3. The minimum absolute atomic E-state index is 0.0352. The lowest BCUT2D eigenvalue weighted by molar-refractivity contribution is 0.101. The third-order valence-electron chi connectivity index (χ3n) is 2.01. The maximum atomic E-state index is 11.7. The largest absolute Gasteiger partial charge is 0.366 e. The lowest BCUT2D eigenvalue weighted by Gasteiger charge is -2.04. The second kappa shape index (κ2) is 3.97. The molecular weight excluding hydrogens is 208 g/mol. The van der Waals surface area contributed by atoms with Crippen molar-refractivity contribution in [1.82, 2.24) is 20.2 Å². The zero-order chi connectivity index (χ0) is 11.5. The van der Waals surface area contributed by atoms with Crippen LogP contribution >= 0.6 is 0 Å². The number of pyridine rings is 1. The topological polar surface area (TPSA) is 110 Å². The van der Waals surface area contributed by atoms with Crippen molar-refractivity contribution in [2.24, 2.45) is 0 Å². The number of anilines is 2. The number of rotatable bonds is 2. The van der Waals surface area contributed by atoms with Crippen molar-refractivity contribution in [2.45, 2.75) is 6.92 Å². The molecule has 7 heteroatoms. The van der Waals surface area contributed by atoms with Gasteiger partial charge in [0, 0.05) is 6.20 Å². The van der Waals surface area contributed by atoms with E-state index in [2.05, 4.69) is 25.5 Å². The van der Waals surface area contributed by atoms with Crippen LogP contribution in [0.4, 0.5) is 11.6 Å². The SMILES string of the molecule is Cc1ccncc1NC(=O)c1nc(N)n[nH]1. The van der Waals surface area contributed by atoms with Gasteiger partial charge in [-0.1, -0.05) is 0 Å². The monoisotopic (exact) mass is 218 g/mol. The smallest absolute Gasteiger partial charge is 0.293 e. The quantitative estimate of drug-likeness (QED) is 0.673. The standard InChI is InChI=1S/C9H10N6O/c1-5-2-3-11-4-6(5)12-8(16)7-13-9(10)15-14-7/h2-4H,1H3,(H,12,16)(H3,10,13,14,15). The van der Waals surface area contributed by atoms with E-state index in [4.69, 9.17) is 5.73 Å². The van der Waals surface area contributed by atoms with E-state index in [1.807, 2.05) is 6.92 Å². The van der Waals surface area contributed by atoms with Gasteiger partial charge in [0.05, 0.1) is 11.9 Å². The van der Waals surface area contributed by atoms with E-state index in [9.17, 15) is 4.79 Å². The zero-order valence-corrected chi connectivity index (χ0v) is 8.56. The summed E-state index contributed by atoms with van der Waals surface area (Å²) in [5.41, 5.74) is 6.83. The molecule has 0 aliphatic heterocycles. The van der Waals surface area contributed by atoms with E-state index in [0.717, 1.165) is 5.56 Å². The number of nitrogens with two attached hydrogens (primary N) is 1. The number of amides is 1. The summed E-state index contributed by atoms with van der Waals surface area (Å²) in [4.78, 5) is 19.3. The summed E-state index contributed by atoms with van der Waals surface area (Å²) in [5.74, 6) is -0.297. The Kier molecular flexibility index (Phi) is 2.50. The molecule has 2 aromatic rings. The third-order valence-corrected chi connectivity index (χ3v) is 2.01. The molecule has 0 aliphatic rings. The van der Waals surface area contributed by atoms with Gasteiger partial charge in [-0.25, -0.2) is 0 Å². The number of nitrogens with one attached hydrogen (secondary N) is 2. The van der Waals surface area contributed by atoms with Crippen LogP contribution in [0.25, 0.3) is 0 Å². The molecule has 0 aliphatic carbocycles. The highest BCUT2D eigenvalue weighted by molar-refractivity contribution is 6.01. The van der Waals surface area contributed by atoms with Gasteiger partial charge in [-0.05, 0) is 18.6 Å². The molecule has 82 valence electrons. The van der Waals surface area contributed by atoms with Crippen molar-refractivity contribution in [2.75, 3.05) is 11.1 Å². The van der Waals surface area contributed by atoms with E-state index in [0.29, 0.717) is 5.69 Å². The molecule has 0 fully saturated rings. The lowest BCUT2D eigenvalue weighted by Crippen LogP contribution is -2.14. The first-order chi connectivity index (χ1) is 7.66. The zero-order valence-electron chi connectivity index (χ0n) is 8.56. The number of nitrogen functional groups attached to an aromatic ring is 1. The first-order valence-corrected chi connectivity index (χ1v) is 4.56. The van der Waals surface area contributed by atoms with Gasteiger partial charge in [-0.2, -0.15) is 4.98 Å². The Hall–Kier alpha value is -2.44. The number of carbonyl (C=O) groups excluding carboxylic acids is 1. The minimum Gasteiger partial charge on any atom is -0.366 e. The van der Waals surface area contributed by atoms with Crippen molar-refractivity contribution in [3.05, 3.63) is 29.8 Å². The molecule has 0 saturated carbocycles. The molecule has 0 bridgehead atoms. The highest BCUT2D eigenvalue weighted by Crippen LogP contribution is 2.12. The van der Waals surface area contributed by atoms with Crippen molar-refractivity contribution >= 4 is 17.5 Å². The van der Waals surface area contributed by atoms with E-state index < -0.39 is 5.91 Å². The van der Waals surface area contributed by atoms with Gasteiger partial charge in [0.2, 0.25) is 11.8 Å². The van der Waals surface area contributed by atoms with Crippen molar-refractivity contribution in [3.8, 4) is 0 Å². The molecule has 0 saturated heterocycles. The predicted molar refractivity (Wildman–Crippen MR) is 57.7 cm³/mol. The number of aryl methyl sites for hydroxylation is 1. The van der Waals surface area contributed by atoms with Crippen LogP contribution in [0.3, 0.4) is 0 Å². The fraction of sp³-hybridized carbons (Fsp3) is 0.111. The number of H-pyrrole nitrogens is 1. The molecule has 0 aromatic carbocycles. The summed E-state index contributed by atoms with van der Waals surface area (Å²) < 4.78 is 0. The number of carbonyl (C=O) groups is 1. The summed E-state index contributed by atoms with van der Waals surface area (Å²) >= 11 is 0. The summed E-state index contributed by atoms with van der Waals surface area (Å²) in [6.07, 6.45) is 3.21. The first kappa shape index (κ1) is 10.1.